The second kappa shape index (κ2) is 13.8. The average molecular weight is 388 g/mol. The largest absolute Gasteiger partial charge is 0.549 e. The summed E-state index contributed by atoms with van der Waals surface area (Å²) >= 11 is 0. The lowest BCUT2D eigenvalue weighted by molar-refractivity contribution is -0.135. The van der Waals surface area contributed by atoms with Crippen molar-refractivity contribution in [2.45, 2.75) is 76.8 Å². The fourth-order valence-electron chi connectivity index (χ4n) is 2.50. The summed E-state index contributed by atoms with van der Waals surface area (Å²) in [5.41, 5.74) is 0. The average Bonchev–Trinajstić information content (AvgIpc) is 2.48. The van der Waals surface area contributed by atoms with Gasteiger partial charge >= 0.3 is 6.18 Å². The van der Waals surface area contributed by atoms with Crippen LogP contribution in [0.3, 0.4) is 0 Å². The van der Waals surface area contributed by atoms with E-state index in [1.807, 2.05) is 19.0 Å². The lowest BCUT2D eigenvalue weighted by Gasteiger charge is -2.20. The van der Waals surface area contributed by atoms with Crippen LogP contribution in [0.1, 0.15) is 70.6 Å². The van der Waals surface area contributed by atoms with Gasteiger partial charge in [0.1, 0.15) is 0 Å². The molecule has 0 saturated heterocycles. The molecule has 8 heteroatoms. The Balaban J connectivity index is 3.39. The number of alkyl halides is 3. The molecule has 4 nitrogen and oxygen atoms in total. The summed E-state index contributed by atoms with van der Waals surface area (Å²) in [6.45, 7) is 1.18. The van der Waals surface area contributed by atoms with E-state index in [-0.39, 0.29) is 12.2 Å². The van der Waals surface area contributed by atoms with Crippen LogP contribution in [0.25, 0.3) is 4.72 Å². The van der Waals surface area contributed by atoms with Crippen molar-refractivity contribution in [1.29, 1.82) is 0 Å². The monoisotopic (exact) mass is 387 g/mol. The van der Waals surface area contributed by atoms with Crippen molar-refractivity contribution in [1.82, 2.24) is 4.90 Å². The minimum Gasteiger partial charge on any atom is -0.549 e. The van der Waals surface area contributed by atoms with Gasteiger partial charge in [-0.15, -0.1) is 6.54 Å². The highest BCUT2D eigenvalue weighted by atomic mass is 32.2. The van der Waals surface area contributed by atoms with E-state index in [9.17, 15) is 21.6 Å². The van der Waals surface area contributed by atoms with Gasteiger partial charge in [0, 0.05) is 12.2 Å². The highest BCUT2D eigenvalue weighted by Gasteiger charge is 2.25. The SMILES string of the molecule is CN(C)CCC[N-]S(=O)(=O)CCCCCCCCCCCC(F)(F)F. The highest BCUT2D eigenvalue weighted by molar-refractivity contribution is 7.93. The molecule has 0 aromatic heterocycles. The summed E-state index contributed by atoms with van der Waals surface area (Å²) in [4.78, 5) is 2.00. The van der Waals surface area contributed by atoms with E-state index in [2.05, 4.69) is 4.72 Å². The molecule has 0 fully saturated rings. The molecule has 152 valence electrons. The van der Waals surface area contributed by atoms with Crippen molar-refractivity contribution in [3.05, 3.63) is 4.72 Å². The lowest BCUT2D eigenvalue weighted by Crippen LogP contribution is -2.15. The van der Waals surface area contributed by atoms with Gasteiger partial charge in [0.15, 0.2) is 0 Å². The van der Waals surface area contributed by atoms with Gasteiger partial charge in [0.2, 0.25) is 0 Å². The number of unbranched alkanes of at least 4 members (excludes halogenated alkanes) is 8. The highest BCUT2D eigenvalue weighted by Crippen LogP contribution is 2.23. The number of nitrogens with zero attached hydrogens (tertiary/aromatic N) is 2. The molecule has 0 aliphatic heterocycles. The number of halogens is 3. The summed E-state index contributed by atoms with van der Waals surface area (Å²) in [7, 11) is 0.598. The fourth-order valence-corrected chi connectivity index (χ4v) is 3.61. The summed E-state index contributed by atoms with van der Waals surface area (Å²) in [5.74, 6) is 0.117. The molecule has 0 bridgehead atoms. The first kappa shape index (κ1) is 24.7. The van der Waals surface area contributed by atoms with Crippen molar-refractivity contribution in [3.8, 4) is 0 Å². The molecule has 0 amide bonds. The molecule has 0 saturated carbocycles. The van der Waals surface area contributed by atoms with Crippen LogP contribution in [0, 0.1) is 0 Å². The van der Waals surface area contributed by atoms with E-state index >= 15 is 0 Å². The molecule has 0 spiro atoms. The zero-order valence-corrected chi connectivity index (χ0v) is 16.5. The first-order valence-electron chi connectivity index (χ1n) is 9.25. The smallest absolute Gasteiger partial charge is 0.389 e. The summed E-state index contributed by atoms with van der Waals surface area (Å²) < 4.78 is 63.1. The van der Waals surface area contributed by atoms with Crippen LogP contribution in [0.4, 0.5) is 13.2 Å². The Bertz CT molecular complexity index is 413. The molecule has 0 N–H and O–H groups in total. The molecule has 0 aromatic rings. The van der Waals surface area contributed by atoms with Gasteiger partial charge in [-0.3, -0.25) is 0 Å². The third-order valence-electron chi connectivity index (χ3n) is 3.91. The van der Waals surface area contributed by atoms with Gasteiger partial charge in [-0.05, 0) is 33.5 Å². The van der Waals surface area contributed by atoms with Crippen molar-refractivity contribution in [2.75, 3.05) is 32.9 Å². The zero-order chi connectivity index (χ0) is 19.2. The van der Waals surface area contributed by atoms with E-state index in [4.69, 9.17) is 0 Å². The third-order valence-corrected chi connectivity index (χ3v) is 5.29. The number of rotatable bonds is 16. The van der Waals surface area contributed by atoms with Crippen molar-refractivity contribution in [3.63, 3.8) is 0 Å². The molecule has 0 unspecified atom stereocenters. The number of hydrogen-bond donors (Lipinski definition) is 0. The second-order valence-electron chi connectivity index (χ2n) is 6.84. The molecule has 0 aliphatic carbocycles. The molecular weight excluding hydrogens is 353 g/mol. The quantitative estimate of drug-likeness (QED) is 0.346. The Labute approximate surface area is 151 Å². The first-order chi connectivity index (χ1) is 11.6. The molecular formula is C17H34F3N2O2S-. The minimum absolute atomic E-state index is 0.117. The topological polar surface area (TPSA) is 51.5 Å². The van der Waals surface area contributed by atoms with Gasteiger partial charge in [-0.2, -0.15) is 13.2 Å². The van der Waals surface area contributed by atoms with E-state index in [1.54, 1.807) is 0 Å². The maximum Gasteiger partial charge on any atom is 0.389 e. The van der Waals surface area contributed by atoms with E-state index in [1.165, 1.54) is 0 Å². The second-order valence-corrected chi connectivity index (χ2v) is 8.67. The van der Waals surface area contributed by atoms with Crippen molar-refractivity contribution in [2.24, 2.45) is 0 Å². The van der Waals surface area contributed by atoms with E-state index in [0.717, 1.165) is 51.5 Å². The maximum atomic E-state index is 12.0. The van der Waals surface area contributed by atoms with Crippen LogP contribution in [-0.4, -0.2) is 52.4 Å². The zero-order valence-electron chi connectivity index (χ0n) is 15.7. The van der Waals surface area contributed by atoms with Crippen LogP contribution in [0.15, 0.2) is 0 Å². The fraction of sp³-hybridized carbons (Fsp3) is 1.00. The predicted octanol–water partition coefficient (Wildman–Crippen LogP) is 5.10. The number of hydrogen-bond acceptors (Lipinski definition) is 3. The van der Waals surface area contributed by atoms with E-state index < -0.39 is 22.6 Å². The summed E-state index contributed by atoms with van der Waals surface area (Å²) in [5, 5.41) is 0. The molecule has 0 aromatic carbocycles. The van der Waals surface area contributed by atoms with Gasteiger partial charge in [0.05, 0.1) is 10.0 Å². The van der Waals surface area contributed by atoms with Crippen molar-refractivity contribution >= 4 is 10.0 Å². The van der Waals surface area contributed by atoms with Gasteiger partial charge < -0.3 is 9.62 Å². The molecule has 0 aliphatic rings. The summed E-state index contributed by atoms with van der Waals surface area (Å²) in [6.07, 6.45) is 3.17. The normalized spacial score (nSPS) is 12.9. The van der Waals surface area contributed by atoms with E-state index in [0.29, 0.717) is 19.4 Å². The molecule has 0 radical (unpaired) electrons. The van der Waals surface area contributed by atoms with Crippen LogP contribution >= 0.6 is 0 Å². The minimum atomic E-state index is -4.03. The Morgan fingerprint density at radius 1 is 0.800 bits per heavy atom. The van der Waals surface area contributed by atoms with Crippen LogP contribution in [0.5, 0.6) is 0 Å². The molecule has 0 atom stereocenters. The number of sulfonamides is 1. The van der Waals surface area contributed by atoms with Crippen LogP contribution < -0.4 is 0 Å². The van der Waals surface area contributed by atoms with Crippen LogP contribution in [0.2, 0.25) is 0 Å². The molecule has 0 rings (SSSR count). The Kier molecular flexibility index (Phi) is 13.6. The van der Waals surface area contributed by atoms with Gasteiger partial charge in [-0.1, -0.05) is 51.4 Å². The van der Waals surface area contributed by atoms with Crippen molar-refractivity contribution < 1.29 is 21.6 Å². The third kappa shape index (κ3) is 19.8. The van der Waals surface area contributed by atoms with Gasteiger partial charge in [0.25, 0.3) is 0 Å². The Morgan fingerprint density at radius 3 is 1.76 bits per heavy atom. The summed E-state index contributed by atoms with van der Waals surface area (Å²) in [6, 6.07) is 0. The molecule has 0 heterocycles. The molecule has 25 heavy (non-hydrogen) atoms. The van der Waals surface area contributed by atoms with Gasteiger partial charge in [-0.25, -0.2) is 8.42 Å². The first-order valence-corrected chi connectivity index (χ1v) is 10.9. The lowest BCUT2D eigenvalue weighted by atomic mass is 10.1. The Hall–Kier alpha value is -0.340. The predicted molar refractivity (Wildman–Crippen MR) is 97.4 cm³/mol. The van der Waals surface area contributed by atoms with Crippen LogP contribution in [-0.2, 0) is 10.0 Å². The standard InChI is InChI=1S/C17H34F3N2O2S/c1-22(2)15-12-14-21-25(23,24)16-11-9-7-5-3-4-6-8-10-13-17(18,19)20/h3-16H2,1-2H3/q-1. The Morgan fingerprint density at radius 2 is 1.28 bits per heavy atom. The maximum absolute atomic E-state index is 12.0.